The summed E-state index contributed by atoms with van der Waals surface area (Å²) in [7, 11) is 0. The first-order chi connectivity index (χ1) is 31.0. The Kier molecular flexibility index (Phi) is 48.1. The second-order valence-electron chi connectivity index (χ2n) is 18.0. The topological polar surface area (TPSA) is 95.9 Å². The minimum atomic E-state index is -0.800. The molecule has 0 bridgehead atoms. The molecule has 0 saturated carbocycles. The highest BCUT2D eigenvalue weighted by molar-refractivity contribution is 5.77. The summed E-state index contributed by atoms with van der Waals surface area (Å²) in [5.74, 6) is -0.520. The molecule has 0 aromatic rings. The minimum absolute atomic E-state index is 0.0518. The van der Waals surface area contributed by atoms with Gasteiger partial charge in [0.15, 0.2) is 0 Å². The van der Waals surface area contributed by atoms with Gasteiger partial charge in [-0.1, -0.05) is 235 Å². The van der Waals surface area contributed by atoms with Gasteiger partial charge in [-0.25, -0.2) is 0 Å². The monoisotopic (exact) mass is 880 g/mol. The van der Waals surface area contributed by atoms with Gasteiger partial charge >= 0.3 is 5.97 Å². The van der Waals surface area contributed by atoms with Crippen molar-refractivity contribution in [2.45, 2.75) is 270 Å². The van der Waals surface area contributed by atoms with Crippen molar-refractivity contribution >= 4 is 11.9 Å². The first kappa shape index (κ1) is 60.3. The molecule has 3 unspecified atom stereocenters. The molecule has 0 aromatic heterocycles. The van der Waals surface area contributed by atoms with Crippen LogP contribution in [0, 0.1) is 0 Å². The zero-order chi connectivity index (χ0) is 45.9. The number of amides is 1. The highest BCUT2D eigenvalue weighted by atomic mass is 16.5. The zero-order valence-corrected chi connectivity index (χ0v) is 41.4. The number of allylic oxidation sites excluding steroid dienone is 12. The van der Waals surface area contributed by atoms with E-state index in [1.54, 1.807) is 0 Å². The molecule has 3 atom stereocenters. The number of unbranched alkanes of at least 4 members (excludes halogenated alkanes) is 27. The lowest BCUT2D eigenvalue weighted by molar-refractivity contribution is -0.151. The molecule has 0 spiro atoms. The highest BCUT2D eigenvalue weighted by Crippen LogP contribution is 2.17. The molecular formula is C57H101NO5. The van der Waals surface area contributed by atoms with E-state index >= 15 is 0 Å². The number of esters is 1. The lowest BCUT2D eigenvalue weighted by Gasteiger charge is -2.24. The Balaban J connectivity index is 4.64. The van der Waals surface area contributed by atoms with E-state index in [0.717, 1.165) is 103 Å². The molecule has 0 aromatic carbocycles. The molecule has 3 N–H and O–H groups in total. The largest absolute Gasteiger partial charge is 0.462 e. The van der Waals surface area contributed by atoms with E-state index in [0.29, 0.717) is 19.3 Å². The van der Waals surface area contributed by atoms with E-state index in [4.69, 9.17) is 4.74 Å². The molecule has 0 aliphatic heterocycles. The molecule has 63 heavy (non-hydrogen) atoms. The van der Waals surface area contributed by atoms with Crippen LogP contribution in [0.2, 0.25) is 0 Å². The number of ether oxygens (including phenoxy) is 1. The average molecular weight is 880 g/mol. The molecule has 364 valence electrons. The number of carbonyl (C=O) groups excluding carboxylic acids is 2. The maximum Gasteiger partial charge on any atom is 0.306 e. The van der Waals surface area contributed by atoms with Crippen LogP contribution in [0.5, 0.6) is 0 Å². The van der Waals surface area contributed by atoms with Crippen LogP contribution in [0.3, 0.4) is 0 Å². The van der Waals surface area contributed by atoms with Gasteiger partial charge in [0, 0.05) is 6.42 Å². The van der Waals surface area contributed by atoms with Crippen LogP contribution >= 0.6 is 0 Å². The number of hydrogen-bond acceptors (Lipinski definition) is 5. The Labute approximate surface area is 390 Å². The molecular weight excluding hydrogens is 779 g/mol. The summed E-state index contributed by atoms with van der Waals surface area (Å²) in [5.41, 5.74) is 0. The summed E-state index contributed by atoms with van der Waals surface area (Å²) < 4.78 is 5.92. The van der Waals surface area contributed by atoms with Gasteiger partial charge in [-0.05, 0) is 77.0 Å². The number of hydrogen-bond donors (Lipinski definition) is 3. The van der Waals surface area contributed by atoms with E-state index in [9.17, 15) is 19.8 Å². The summed E-state index contributed by atoms with van der Waals surface area (Å²) in [6.45, 7) is 6.41. The fourth-order valence-electron chi connectivity index (χ4n) is 7.79. The number of aliphatic hydroxyl groups excluding tert-OH is 2. The quantitative estimate of drug-likeness (QED) is 0.0321. The maximum atomic E-state index is 13.2. The molecule has 0 fully saturated rings. The smallest absolute Gasteiger partial charge is 0.306 e. The number of rotatable bonds is 47. The van der Waals surface area contributed by atoms with E-state index < -0.39 is 18.2 Å². The van der Waals surface area contributed by atoms with Crippen molar-refractivity contribution in [3.05, 3.63) is 72.9 Å². The van der Waals surface area contributed by atoms with Crippen molar-refractivity contribution in [1.29, 1.82) is 0 Å². The minimum Gasteiger partial charge on any atom is -0.462 e. The maximum absolute atomic E-state index is 13.2. The Morgan fingerprint density at radius 2 is 0.810 bits per heavy atom. The second-order valence-corrected chi connectivity index (χ2v) is 18.0. The van der Waals surface area contributed by atoms with Crippen LogP contribution in [0.15, 0.2) is 72.9 Å². The fraction of sp³-hybridized carbons (Fsp3) is 0.754. The molecule has 0 saturated heterocycles. The molecule has 0 heterocycles. The SMILES string of the molecule is CCCCC/C=C/C=C/C=C/C=C/CCCCCCCC(=O)OC(CCCCCC/C=C/C=C/CCCCC)CC(=O)NC(CO)C(O)CCCCCCCCCCCCCCC. The Morgan fingerprint density at radius 3 is 1.27 bits per heavy atom. The van der Waals surface area contributed by atoms with Crippen molar-refractivity contribution < 1.29 is 24.5 Å². The number of carbonyl (C=O) groups is 2. The van der Waals surface area contributed by atoms with Crippen molar-refractivity contribution in [3.63, 3.8) is 0 Å². The molecule has 6 heteroatoms. The summed E-state index contributed by atoms with van der Waals surface area (Å²) in [6.07, 6.45) is 63.8. The average Bonchev–Trinajstić information content (AvgIpc) is 3.28. The Hall–Kier alpha value is -2.70. The van der Waals surface area contributed by atoms with Gasteiger partial charge in [-0.3, -0.25) is 9.59 Å². The second kappa shape index (κ2) is 50.3. The van der Waals surface area contributed by atoms with Crippen LogP contribution in [0.1, 0.15) is 252 Å². The third-order valence-electron chi connectivity index (χ3n) is 11.9. The van der Waals surface area contributed by atoms with Gasteiger partial charge < -0.3 is 20.3 Å². The Morgan fingerprint density at radius 1 is 0.460 bits per heavy atom. The first-order valence-electron chi connectivity index (χ1n) is 26.7. The van der Waals surface area contributed by atoms with E-state index in [2.05, 4.69) is 99.0 Å². The molecule has 0 radical (unpaired) electrons. The molecule has 1 amide bonds. The van der Waals surface area contributed by atoms with Gasteiger partial charge in [-0.2, -0.15) is 0 Å². The molecule has 0 rings (SSSR count). The summed E-state index contributed by atoms with van der Waals surface area (Å²) in [6, 6.07) is -0.716. The predicted octanol–water partition coefficient (Wildman–Crippen LogP) is 16.2. The van der Waals surface area contributed by atoms with Crippen molar-refractivity contribution in [2.24, 2.45) is 0 Å². The van der Waals surface area contributed by atoms with Crippen molar-refractivity contribution in [3.8, 4) is 0 Å². The third-order valence-corrected chi connectivity index (χ3v) is 11.9. The van der Waals surface area contributed by atoms with Gasteiger partial charge in [-0.15, -0.1) is 0 Å². The van der Waals surface area contributed by atoms with E-state index in [1.165, 1.54) is 103 Å². The fourth-order valence-corrected chi connectivity index (χ4v) is 7.79. The Bertz CT molecular complexity index is 1170. The number of nitrogens with one attached hydrogen (secondary N) is 1. The summed E-state index contributed by atoms with van der Waals surface area (Å²) in [5, 5.41) is 23.8. The normalized spacial score (nSPS) is 13.8. The van der Waals surface area contributed by atoms with Gasteiger partial charge in [0.2, 0.25) is 5.91 Å². The van der Waals surface area contributed by atoms with Crippen molar-refractivity contribution in [1.82, 2.24) is 5.32 Å². The van der Waals surface area contributed by atoms with E-state index in [1.807, 2.05) is 0 Å². The van der Waals surface area contributed by atoms with Crippen LogP contribution in [0.4, 0.5) is 0 Å². The van der Waals surface area contributed by atoms with Crippen LogP contribution in [0.25, 0.3) is 0 Å². The molecule has 0 aliphatic carbocycles. The lowest BCUT2D eigenvalue weighted by Crippen LogP contribution is -2.46. The predicted molar refractivity (Wildman–Crippen MR) is 273 cm³/mol. The molecule has 6 nitrogen and oxygen atoms in total. The zero-order valence-electron chi connectivity index (χ0n) is 41.4. The van der Waals surface area contributed by atoms with Gasteiger partial charge in [0.05, 0.1) is 25.2 Å². The highest BCUT2D eigenvalue weighted by Gasteiger charge is 2.24. The van der Waals surface area contributed by atoms with Crippen molar-refractivity contribution in [2.75, 3.05) is 6.61 Å². The van der Waals surface area contributed by atoms with Crippen LogP contribution in [-0.4, -0.2) is 46.9 Å². The third kappa shape index (κ3) is 45.7. The standard InChI is InChI=1S/C57H101NO5/c1-4-7-10-13-16-19-22-25-26-27-28-29-32-35-38-41-44-47-50-57(62)63-53(48-45-42-39-36-33-30-23-20-17-14-11-8-5-2)51-56(61)58-54(52-59)55(60)49-46-43-40-37-34-31-24-21-18-15-12-9-6-3/h16-17,19-20,22-23,25-30,53-55,59-60H,4-15,18,21,24,31-52H2,1-3H3,(H,58,61)/b19-16+,20-17+,25-22+,27-26+,29-28+,30-23+. The lowest BCUT2D eigenvalue weighted by atomic mass is 10.0. The van der Waals surface area contributed by atoms with Crippen LogP contribution in [-0.2, 0) is 14.3 Å². The number of aliphatic hydroxyl groups is 2. The molecule has 0 aliphatic rings. The van der Waals surface area contributed by atoms with E-state index in [-0.39, 0.29) is 24.9 Å². The summed E-state index contributed by atoms with van der Waals surface area (Å²) >= 11 is 0. The first-order valence-corrected chi connectivity index (χ1v) is 26.7. The van der Waals surface area contributed by atoms with Gasteiger partial charge in [0.25, 0.3) is 0 Å². The summed E-state index contributed by atoms with van der Waals surface area (Å²) in [4.78, 5) is 26.2. The van der Waals surface area contributed by atoms with Crippen LogP contribution < -0.4 is 5.32 Å². The van der Waals surface area contributed by atoms with Gasteiger partial charge in [0.1, 0.15) is 6.10 Å².